The molecule has 0 unspecified atom stereocenters. The van der Waals surface area contributed by atoms with Gasteiger partial charge in [-0.15, -0.1) is 0 Å². The molecule has 2 aromatic carbocycles. The van der Waals surface area contributed by atoms with Crippen LogP contribution in [0.15, 0.2) is 70.7 Å². The van der Waals surface area contributed by atoms with Crippen molar-refractivity contribution >= 4 is 22.8 Å². The van der Waals surface area contributed by atoms with Gasteiger partial charge in [-0.25, -0.2) is 4.99 Å². The molecule has 0 spiro atoms. The van der Waals surface area contributed by atoms with Crippen LogP contribution in [0.25, 0.3) is 0 Å². The Morgan fingerprint density at radius 2 is 1.18 bits per heavy atom. The molecule has 0 aliphatic carbocycles. The van der Waals surface area contributed by atoms with E-state index in [2.05, 4.69) is 88.4 Å². The van der Waals surface area contributed by atoms with Crippen LogP contribution in [0.5, 0.6) is 0 Å². The van der Waals surface area contributed by atoms with Crippen LogP contribution < -0.4 is 0 Å². The average molecular weight is 621 g/mol. The zero-order valence-electron chi connectivity index (χ0n) is 25.3. The third kappa shape index (κ3) is 15.5. The predicted molar refractivity (Wildman–Crippen MR) is 171 cm³/mol. The van der Waals surface area contributed by atoms with Crippen molar-refractivity contribution in [2.45, 2.75) is 130 Å². The van der Waals surface area contributed by atoms with E-state index in [1.807, 2.05) is 0 Å². The van der Waals surface area contributed by atoms with E-state index < -0.39 is 0 Å². The zero-order valence-corrected chi connectivity index (χ0v) is 26.9. The van der Waals surface area contributed by atoms with Crippen molar-refractivity contribution in [2.24, 2.45) is 9.98 Å². The summed E-state index contributed by atoms with van der Waals surface area (Å²) in [6.45, 7) is 9.01. The van der Waals surface area contributed by atoms with Crippen LogP contribution in [0.4, 0.5) is 11.4 Å². The summed E-state index contributed by atoms with van der Waals surface area (Å²) in [5, 5.41) is 0. The molecule has 0 atom stereocenters. The quantitative estimate of drug-likeness (QED) is 0.0799. The van der Waals surface area contributed by atoms with Crippen LogP contribution in [-0.2, 0) is 33.3 Å². The van der Waals surface area contributed by atoms with Gasteiger partial charge in [-0.3, -0.25) is 4.99 Å². The molecule has 0 radical (unpaired) electrons. The zero-order chi connectivity index (χ0) is 27.3. The van der Waals surface area contributed by atoms with Crippen molar-refractivity contribution in [1.29, 1.82) is 0 Å². The molecule has 0 saturated carbocycles. The molecule has 0 fully saturated rings. The molecule has 0 aliphatic rings. The molecular formula is C36H54N2Pd. The molecule has 0 aliphatic heterocycles. The molecule has 39 heavy (non-hydrogen) atoms. The molecule has 0 amide bonds. The van der Waals surface area contributed by atoms with E-state index in [-0.39, 0.29) is 20.4 Å². The number of aliphatic imine (C=N–C) groups is 2. The van der Waals surface area contributed by atoms with Gasteiger partial charge in [-0.05, 0) is 80.0 Å². The largest absolute Gasteiger partial charge is 0.251 e. The van der Waals surface area contributed by atoms with Crippen molar-refractivity contribution in [1.82, 2.24) is 0 Å². The summed E-state index contributed by atoms with van der Waals surface area (Å²) in [4.78, 5) is 10.4. The minimum atomic E-state index is 0. The number of benzene rings is 2. The second-order valence-electron chi connectivity index (χ2n) is 10.6. The minimum absolute atomic E-state index is 0. The molecule has 3 heteroatoms. The van der Waals surface area contributed by atoms with Gasteiger partial charge in [0, 0.05) is 20.4 Å². The maximum Gasteiger partial charge on any atom is 0.0848 e. The molecule has 0 bridgehead atoms. The number of hydrogen-bond donors (Lipinski definition) is 0. The second kappa shape index (κ2) is 22.9. The van der Waals surface area contributed by atoms with Gasteiger partial charge in [-0.2, -0.15) is 0 Å². The Labute approximate surface area is 254 Å². The van der Waals surface area contributed by atoms with Crippen LogP contribution in [0.3, 0.4) is 0 Å². The van der Waals surface area contributed by atoms with Gasteiger partial charge in [0.25, 0.3) is 0 Å². The van der Waals surface area contributed by atoms with E-state index in [1.165, 1.54) is 81.8 Å². The van der Waals surface area contributed by atoms with Crippen molar-refractivity contribution in [3.8, 4) is 0 Å². The molecule has 2 nitrogen and oxygen atoms in total. The summed E-state index contributed by atoms with van der Waals surface area (Å²) in [6, 6.07) is 17.2. The summed E-state index contributed by atoms with van der Waals surface area (Å²) < 4.78 is 0. The summed E-state index contributed by atoms with van der Waals surface area (Å²) in [6.07, 6.45) is 24.5. The Balaban J connectivity index is 0.00000760. The van der Waals surface area contributed by atoms with E-state index in [0.29, 0.717) is 0 Å². The van der Waals surface area contributed by atoms with E-state index >= 15 is 0 Å². The Bertz CT molecular complexity index is 953. The fraction of sp³-hybridized carbons (Fsp3) is 0.556. The first-order chi connectivity index (χ1) is 18.7. The van der Waals surface area contributed by atoms with E-state index in [0.717, 1.165) is 54.9 Å². The number of nitrogens with zero attached hydrogens (tertiary/aromatic N) is 2. The van der Waals surface area contributed by atoms with Crippen molar-refractivity contribution in [2.75, 3.05) is 0 Å². The fourth-order valence-corrected chi connectivity index (χ4v) is 4.76. The van der Waals surface area contributed by atoms with Gasteiger partial charge in [0.2, 0.25) is 0 Å². The van der Waals surface area contributed by atoms with Gasteiger partial charge < -0.3 is 0 Å². The first-order valence-corrected chi connectivity index (χ1v) is 15.7. The Hall–Kier alpha value is -1.82. The van der Waals surface area contributed by atoms with Gasteiger partial charge in [-0.1, -0.05) is 122 Å². The first kappa shape index (κ1) is 35.2. The number of para-hydroxylation sites is 1. The normalized spacial score (nSPS) is 12.2. The average Bonchev–Trinajstić information content (AvgIpc) is 2.95. The molecule has 0 N–H and O–H groups in total. The van der Waals surface area contributed by atoms with E-state index in [4.69, 9.17) is 9.98 Å². The number of allylic oxidation sites excluding steroid dienone is 2. The van der Waals surface area contributed by atoms with Crippen LogP contribution >= 0.6 is 0 Å². The maximum absolute atomic E-state index is 5.27. The number of rotatable bonds is 20. The monoisotopic (exact) mass is 620 g/mol. The van der Waals surface area contributed by atoms with Gasteiger partial charge in [0.05, 0.1) is 22.8 Å². The summed E-state index contributed by atoms with van der Waals surface area (Å²) >= 11 is 0. The standard InChI is InChI=1S/C36H54N2.Pd/c1-5-9-11-13-14-15-16-17-18-23-27-35(37-33-24-20-19-21-25-33)36(26-22-12-10-6-2)38-34-29-31(7-3)28-32(8-4)30-34;/h19-21,23-25,27-30H,5-18,22,26H2,1-4H3;/b27-23+,37-35?,38-36?;. The summed E-state index contributed by atoms with van der Waals surface area (Å²) in [5.41, 5.74) is 6.93. The molecule has 2 rings (SSSR count). The minimum Gasteiger partial charge on any atom is -0.251 e. The van der Waals surface area contributed by atoms with Crippen molar-refractivity contribution in [3.63, 3.8) is 0 Å². The molecule has 218 valence electrons. The van der Waals surface area contributed by atoms with Crippen LogP contribution in [0, 0.1) is 0 Å². The first-order valence-electron chi connectivity index (χ1n) is 15.7. The Morgan fingerprint density at radius 1 is 0.615 bits per heavy atom. The maximum atomic E-state index is 5.27. The third-order valence-electron chi connectivity index (χ3n) is 7.19. The number of unbranched alkanes of at least 4 members (excludes halogenated alkanes) is 11. The molecule has 0 heterocycles. The van der Waals surface area contributed by atoms with Crippen molar-refractivity contribution < 1.29 is 20.4 Å². The Morgan fingerprint density at radius 3 is 1.77 bits per heavy atom. The second-order valence-corrected chi connectivity index (χ2v) is 10.6. The smallest absolute Gasteiger partial charge is 0.0848 e. The van der Waals surface area contributed by atoms with E-state index in [9.17, 15) is 0 Å². The topological polar surface area (TPSA) is 24.7 Å². The number of aryl methyl sites for hydroxylation is 2. The summed E-state index contributed by atoms with van der Waals surface area (Å²) in [7, 11) is 0. The van der Waals surface area contributed by atoms with Gasteiger partial charge in [0.15, 0.2) is 0 Å². The molecule has 0 aromatic heterocycles. The molecular weight excluding hydrogens is 567 g/mol. The fourth-order valence-electron chi connectivity index (χ4n) is 4.76. The van der Waals surface area contributed by atoms with Crippen LogP contribution in [0.2, 0.25) is 0 Å². The number of hydrogen-bond acceptors (Lipinski definition) is 2. The van der Waals surface area contributed by atoms with Crippen LogP contribution in [-0.4, -0.2) is 11.4 Å². The van der Waals surface area contributed by atoms with Gasteiger partial charge in [0.1, 0.15) is 0 Å². The van der Waals surface area contributed by atoms with Crippen molar-refractivity contribution in [3.05, 3.63) is 71.8 Å². The molecule has 0 saturated heterocycles. The summed E-state index contributed by atoms with van der Waals surface area (Å²) in [5.74, 6) is 0. The molecule has 2 aromatic rings. The Kier molecular flexibility index (Phi) is 20.7. The van der Waals surface area contributed by atoms with Crippen LogP contribution in [0.1, 0.15) is 129 Å². The predicted octanol–water partition coefficient (Wildman–Crippen LogP) is 11.7. The SMILES string of the molecule is CCCCCCCCCC/C=C/C(=Nc1ccccc1)C(CCCCCC)=Nc1cc(CC)cc(CC)c1.[Pd]. The third-order valence-corrected chi connectivity index (χ3v) is 7.19. The van der Waals surface area contributed by atoms with E-state index in [1.54, 1.807) is 0 Å². The van der Waals surface area contributed by atoms with Gasteiger partial charge >= 0.3 is 0 Å².